The van der Waals surface area contributed by atoms with Crippen LogP contribution in [0, 0.1) is 5.92 Å². The number of rotatable bonds is 7. The zero-order chi connectivity index (χ0) is 15.5. The van der Waals surface area contributed by atoms with Gasteiger partial charge in [-0.3, -0.25) is 4.79 Å². The van der Waals surface area contributed by atoms with Gasteiger partial charge in [0.2, 0.25) is 5.91 Å². The van der Waals surface area contributed by atoms with Gasteiger partial charge in [0.15, 0.2) is 0 Å². The molecule has 0 aromatic heterocycles. The number of amides is 1. The predicted molar refractivity (Wildman–Crippen MR) is 79.6 cm³/mol. The molecule has 4 N–H and O–H groups in total. The zero-order valence-corrected chi connectivity index (χ0v) is 12.2. The zero-order valence-electron chi connectivity index (χ0n) is 12.2. The maximum Gasteiger partial charge on any atom is 0.329 e. The average molecular weight is 290 g/mol. The van der Waals surface area contributed by atoms with Gasteiger partial charge in [0.05, 0.1) is 6.04 Å². The van der Waals surface area contributed by atoms with Crippen LogP contribution in [0.25, 0.3) is 0 Å². The van der Waals surface area contributed by atoms with Gasteiger partial charge in [-0.2, -0.15) is 0 Å². The number of aryl methyl sites for hydroxylation is 1. The van der Waals surface area contributed by atoms with E-state index in [2.05, 4.69) is 5.32 Å². The minimum atomic E-state index is -1.19. The molecule has 1 aromatic carbocycles. The van der Waals surface area contributed by atoms with Gasteiger partial charge < -0.3 is 16.2 Å². The number of benzene rings is 1. The van der Waals surface area contributed by atoms with E-state index in [0.717, 1.165) is 18.4 Å². The van der Waals surface area contributed by atoms with Crippen molar-refractivity contribution in [3.63, 3.8) is 0 Å². The van der Waals surface area contributed by atoms with Crippen molar-refractivity contribution < 1.29 is 14.7 Å². The number of carboxylic acids is 1. The lowest BCUT2D eigenvalue weighted by atomic mass is 9.95. The maximum absolute atomic E-state index is 12.1. The van der Waals surface area contributed by atoms with Gasteiger partial charge in [-0.1, -0.05) is 30.3 Å². The van der Waals surface area contributed by atoms with Crippen LogP contribution in [0.2, 0.25) is 0 Å². The Morgan fingerprint density at radius 1 is 1.38 bits per heavy atom. The molecule has 1 aliphatic carbocycles. The second-order valence-corrected chi connectivity index (χ2v) is 5.90. The van der Waals surface area contributed by atoms with Gasteiger partial charge in [-0.15, -0.1) is 0 Å². The topological polar surface area (TPSA) is 92.4 Å². The fourth-order valence-electron chi connectivity index (χ4n) is 2.44. The third kappa shape index (κ3) is 3.82. The Kier molecular flexibility index (Phi) is 4.63. The summed E-state index contributed by atoms with van der Waals surface area (Å²) in [5.41, 5.74) is 5.81. The van der Waals surface area contributed by atoms with Gasteiger partial charge in [0, 0.05) is 0 Å². The summed E-state index contributed by atoms with van der Waals surface area (Å²) in [6.45, 7) is 1.56. The average Bonchev–Trinajstić information content (AvgIpc) is 3.30. The molecule has 5 heteroatoms. The third-order valence-electron chi connectivity index (χ3n) is 4.14. The molecule has 0 spiro atoms. The van der Waals surface area contributed by atoms with Crippen LogP contribution in [-0.4, -0.2) is 28.6 Å². The number of carboxylic acid groups (broad SMARTS) is 1. The standard InChI is InChI=1S/C16H22N2O3/c1-16(15(20)21,12-8-9-12)18-14(19)13(17)10-7-11-5-3-2-4-6-11/h2-6,12-13H,7-10,17H2,1H3,(H,18,19)(H,20,21). The highest BCUT2D eigenvalue weighted by molar-refractivity contribution is 5.89. The molecule has 2 atom stereocenters. The van der Waals surface area contributed by atoms with Crippen molar-refractivity contribution in [2.45, 2.75) is 44.2 Å². The highest BCUT2D eigenvalue weighted by atomic mass is 16.4. The van der Waals surface area contributed by atoms with Crippen molar-refractivity contribution in [3.8, 4) is 0 Å². The number of hydrogen-bond acceptors (Lipinski definition) is 3. The molecule has 0 heterocycles. The number of nitrogens with two attached hydrogens (primary N) is 1. The van der Waals surface area contributed by atoms with Crippen LogP contribution in [0.15, 0.2) is 30.3 Å². The van der Waals surface area contributed by atoms with E-state index in [-0.39, 0.29) is 11.8 Å². The number of aliphatic carboxylic acids is 1. The van der Waals surface area contributed by atoms with Gasteiger partial charge in [0.25, 0.3) is 0 Å². The second kappa shape index (κ2) is 6.26. The van der Waals surface area contributed by atoms with E-state index in [1.165, 1.54) is 0 Å². The van der Waals surface area contributed by atoms with E-state index in [1.54, 1.807) is 6.92 Å². The van der Waals surface area contributed by atoms with Crippen LogP contribution < -0.4 is 11.1 Å². The molecule has 2 unspecified atom stereocenters. The lowest BCUT2D eigenvalue weighted by molar-refractivity contribution is -0.148. The second-order valence-electron chi connectivity index (χ2n) is 5.90. The van der Waals surface area contributed by atoms with Crippen molar-refractivity contribution in [2.24, 2.45) is 11.7 Å². The molecule has 1 amide bonds. The summed E-state index contributed by atoms with van der Waals surface area (Å²) in [6, 6.07) is 9.09. The van der Waals surface area contributed by atoms with Crippen molar-refractivity contribution in [1.82, 2.24) is 5.32 Å². The first kappa shape index (κ1) is 15.5. The first-order valence-corrected chi connectivity index (χ1v) is 7.28. The molecule has 1 fully saturated rings. The van der Waals surface area contributed by atoms with Crippen LogP contribution in [0.4, 0.5) is 0 Å². The summed E-state index contributed by atoms with van der Waals surface area (Å²) in [5.74, 6) is -1.36. The Hall–Kier alpha value is -1.88. The largest absolute Gasteiger partial charge is 0.480 e. The Morgan fingerprint density at radius 2 is 2.00 bits per heavy atom. The van der Waals surface area contributed by atoms with Gasteiger partial charge >= 0.3 is 5.97 Å². The van der Waals surface area contributed by atoms with Crippen molar-refractivity contribution in [2.75, 3.05) is 0 Å². The summed E-state index contributed by atoms with van der Waals surface area (Å²) < 4.78 is 0. The van der Waals surface area contributed by atoms with E-state index >= 15 is 0 Å². The van der Waals surface area contributed by atoms with E-state index in [1.807, 2.05) is 30.3 Å². The van der Waals surface area contributed by atoms with Crippen LogP contribution >= 0.6 is 0 Å². The summed E-state index contributed by atoms with van der Waals surface area (Å²) in [7, 11) is 0. The molecule has 0 radical (unpaired) electrons. The van der Waals surface area contributed by atoms with Gasteiger partial charge in [-0.05, 0) is 44.1 Å². The molecule has 1 aliphatic rings. The molecule has 1 aromatic rings. The molecule has 0 bridgehead atoms. The van der Waals surface area contributed by atoms with E-state index in [9.17, 15) is 14.7 Å². The summed E-state index contributed by atoms with van der Waals surface area (Å²) in [6.07, 6.45) is 2.86. The van der Waals surface area contributed by atoms with Crippen molar-refractivity contribution >= 4 is 11.9 Å². The molecule has 21 heavy (non-hydrogen) atoms. The molecule has 114 valence electrons. The minimum absolute atomic E-state index is 0.0141. The molecule has 1 saturated carbocycles. The van der Waals surface area contributed by atoms with E-state index in [4.69, 9.17) is 5.73 Å². The SMILES string of the molecule is CC(NC(=O)C(N)CCc1ccccc1)(C(=O)O)C1CC1. The summed E-state index contributed by atoms with van der Waals surface area (Å²) in [5, 5.41) is 12.0. The fraction of sp³-hybridized carbons (Fsp3) is 0.500. The molecule has 2 rings (SSSR count). The van der Waals surface area contributed by atoms with E-state index in [0.29, 0.717) is 12.8 Å². The van der Waals surface area contributed by atoms with Crippen LogP contribution in [0.5, 0.6) is 0 Å². The number of carbonyl (C=O) groups is 2. The molecule has 0 aliphatic heterocycles. The molecule has 5 nitrogen and oxygen atoms in total. The Bertz CT molecular complexity index is 514. The first-order valence-electron chi connectivity index (χ1n) is 7.28. The smallest absolute Gasteiger partial charge is 0.329 e. The highest BCUT2D eigenvalue weighted by Gasteiger charge is 2.48. The number of nitrogens with one attached hydrogen (secondary N) is 1. The summed E-state index contributed by atoms with van der Waals surface area (Å²) >= 11 is 0. The Balaban J connectivity index is 1.88. The van der Waals surface area contributed by atoms with E-state index < -0.39 is 17.6 Å². The fourth-order valence-corrected chi connectivity index (χ4v) is 2.44. The minimum Gasteiger partial charge on any atom is -0.480 e. The normalized spacial score (nSPS) is 18.6. The van der Waals surface area contributed by atoms with Gasteiger partial charge in [0.1, 0.15) is 5.54 Å². The molecular formula is C16H22N2O3. The van der Waals surface area contributed by atoms with Crippen LogP contribution in [0.1, 0.15) is 31.7 Å². The highest BCUT2D eigenvalue weighted by Crippen LogP contribution is 2.39. The van der Waals surface area contributed by atoms with Crippen molar-refractivity contribution in [3.05, 3.63) is 35.9 Å². The predicted octanol–water partition coefficient (Wildman–Crippen LogP) is 1.32. The molecule has 0 saturated heterocycles. The monoisotopic (exact) mass is 290 g/mol. The lowest BCUT2D eigenvalue weighted by Gasteiger charge is -2.27. The maximum atomic E-state index is 12.1. The Morgan fingerprint density at radius 3 is 2.52 bits per heavy atom. The van der Waals surface area contributed by atoms with Crippen LogP contribution in [-0.2, 0) is 16.0 Å². The first-order chi connectivity index (χ1) is 9.93. The number of hydrogen-bond donors (Lipinski definition) is 3. The van der Waals surface area contributed by atoms with Crippen molar-refractivity contribution in [1.29, 1.82) is 0 Å². The number of carbonyl (C=O) groups excluding carboxylic acids is 1. The Labute approximate surface area is 124 Å². The summed E-state index contributed by atoms with van der Waals surface area (Å²) in [4.78, 5) is 23.5. The van der Waals surface area contributed by atoms with Gasteiger partial charge in [-0.25, -0.2) is 4.79 Å². The van der Waals surface area contributed by atoms with Crippen LogP contribution in [0.3, 0.4) is 0 Å². The third-order valence-corrected chi connectivity index (χ3v) is 4.14. The lowest BCUT2D eigenvalue weighted by Crippen LogP contribution is -2.57. The quantitative estimate of drug-likeness (QED) is 0.706. The molecular weight excluding hydrogens is 268 g/mol.